The largest absolute Gasteiger partial charge is 0.358 e. The van der Waals surface area contributed by atoms with Gasteiger partial charge in [0.15, 0.2) is 5.78 Å². The summed E-state index contributed by atoms with van der Waals surface area (Å²) >= 11 is 0. The Morgan fingerprint density at radius 3 is 2.64 bits per heavy atom. The van der Waals surface area contributed by atoms with Crippen LogP contribution in [-0.4, -0.2) is 18.7 Å². The molecule has 58 valence electrons. The Morgan fingerprint density at radius 2 is 2.45 bits per heavy atom. The highest BCUT2D eigenvalue weighted by atomic mass is 16.2. The number of hydrogen-bond acceptors (Lipinski definition) is 2. The van der Waals surface area contributed by atoms with Crippen molar-refractivity contribution < 1.29 is 9.59 Å². The Labute approximate surface area is 64.5 Å². The lowest BCUT2D eigenvalue weighted by Gasteiger charge is -2.59. The molecule has 3 saturated carbocycles. The van der Waals surface area contributed by atoms with E-state index >= 15 is 0 Å². The van der Waals surface area contributed by atoms with E-state index in [2.05, 4.69) is 11.9 Å². The van der Waals surface area contributed by atoms with Crippen molar-refractivity contribution in [2.24, 2.45) is 11.3 Å². The van der Waals surface area contributed by atoms with Crippen LogP contribution in [0.5, 0.6) is 0 Å². The summed E-state index contributed by atoms with van der Waals surface area (Å²) in [6, 6.07) is 0. The molecule has 0 saturated heterocycles. The first-order valence-corrected chi connectivity index (χ1v) is 3.60. The highest BCUT2D eigenvalue weighted by molar-refractivity contribution is 6.22. The number of Topliss-reactive ketones (excluding diaryl/α,β-unsaturated/α-hetero) is 1. The van der Waals surface area contributed by atoms with Crippen molar-refractivity contribution >= 4 is 11.7 Å². The Kier molecular flexibility index (Phi) is 0.926. The fourth-order valence-electron chi connectivity index (χ4n) is 1.89. The summed E-state index contributed by atoms with van der Waals surface area (Å²) in [6.45, 7) is 3.70. The second-order valence-electron chi connectivity index (χ2n) is 3.13. The molecule has 3 heteroatoms. The average molecular weight is 151 g/mol. The lowest BCUT2D eigenvalue weighted by molar-refractivity contribution is -0.164. The van der Waals surface area contributed by atoms with Crippen LogP contribution in [0, 0.1) is 11.3 Å². The number of carbonyl (C=O) groups is 2. The summed E-state index contributed by atoms with van der Waals surface area (Å²) in [7, 11) is 1.54. The molecular weight excluding hydrogens is 142 g/mol. The SMILES string of the molecule is C=C1C2CC1(C(=O)NC)C2=O. The molecule has 2 bridgehead atoms. The van der Waals surface area contributed by atoms with Gasteiger partial charge in [0, 0.05) is 13.0 Å². The molecule has 3 aliphatic rings. The number of amides is 1. The quantitative estimate of drug-likeness (QED) is 0.419. The van der Waals surface area contributed by atoms with E-state index in [0.29, 0.717) is 6.42 Å². The standard InChI is InChI=1S/C8H9NO2/c1-4-5-3-8(4,6(5)10)7(11)9-2/h5H,1,3H2,2H3,(H,9,11). The van der Waals surface area contributed by atoms with E-state index in [1.54, 1.807) is 7.05 Å². The van der Waals surface area contributed by atoms with Crippen molar-refractivity contribution in [3.63, 3.8) is 0 Å². The van der Waals surface area contributed by atoms with Crippen LogP contribution < -0.4 is 5.32 Å². The highest BCUT2D eigenvalue weighted by Gasteiger charge is 2.72. The Balaban J connectivity index is 2.30. The molecule has 2 unspecified atom stereocenters. The van der Waals surface area contributed by atoms with E-state index in [4.69, 9.17) is 0 Å². The summed E-state index contributed by atoms with van der Waals surface area (Å²) in [5.41, 5.74) is 0.0150. The van der Waals surface area contributed by atoms with Gasteiger partial charge in [0.1, 0.15) is 5.41 Å². The molecule has 0 aromatic rings. The van der Waals surface area contributed by atoms with Gasteiger partial charge in [-0.05, 0) is 12.0 Å². The summed E-state index contributed by atoms with van der Waals surface area (Å²) < 4.78 is 0. The number of hydrogen-bond donors (Lipinski definition) is 1. The molecule has 2 atom stereocenters. The van der Waals surface area contributed by atoms with Gasteiger partial charge in [-0.2, -0.15) is 0 Å². The van der Waals surface area contributed by atoms with Gasteiger partial charge in [0.2, 0.25) is 5.91 Å². The number of carbonyl (C=O) groups excluding carboxylic acids is 2. The maximum absolute atomic E-state index is 11.2. The minimum atomic E-state index is -0.792. The first-order chi connectivity index (χ1) is 5.14. The van der Waals surface area contributed by atoms with Crippen LogP contribution in [0.3, 0.4) is 0 Å². The molecule has 1 amide bonds. The van der Waals surface area contributed by atoms with Crippen molar-refractivity contribution in [3.8, 4) is 0 Å². The van der Waals surface area contributed by atoms with Crippen LogP contribution in [0.4, 0.5) is 0 Å². The second kappa shape index (κ2) is 1.55. The predicted octanol–water partition coefficient (Wildman–Crippen LogP) is -0.122. The van der Waals surface area contributed by atoms with E-state index in [0.717, 1.165) is 5.57 Å². The van der Waals surface area contributed by atoms with Gasteiger partial charge in [0.05, 0.1) is 0 Å². The molecule has 11 heavy (non-hydrogen) atoms. The van der Waals surface area contributed by atoms with E-state index in [1.165, 1.54) is 0 Å². The highest BCUT2D eigenvalue weighted by Crippen LogP contribution is 2.64. The third kappa shape index (κ3) is 0.414. The van der Waals surface area contributed by atoms with E-state index in [-0.39, 0.29) is 17.6 Å². The summed E-state index contributed by atoms with van der Waals surface area (Å²) in [5.74, 6) is -0.121. The van der Waals surface area contributed by atoms with Crippen LogP contribution >= 0.6 is 0 Å². The van der Waals surface area contributed by atoms with Crippen molar-refractivity contribution in [1.29, 1.82) is 0 Å². The van der Waals surface area contributed by atoms with Crippen LogP contribution in [-0.2, 0) is 9.59 Å². The van der Waals surface area contributed by atoms with E-state index in [9.17, 15) is 9.59 Å². The lowest BCUT2D eigenvalue weighted by atomic mass is 9.40. The Bertz CT molecular complexity index is 264. The summed E-state index contributed by atoms with van der Waals surface area (Å²) in [4.78, 5) is 22.3. The summed E-state index contributed by atoms with van der Waals surface area (Å²) in [6.07, 6.45) is 0.685. The second-order valence-corrected chi connectivity index (χ2v) is 3.13. The van der Waals surface area contributed by atoms with Gasteiger partial charge in [0.25, 0.3) is 0 Å². The van der Waals surface area contributed by atoms with Crippen molar-refractivity contribution in [2.45, 2.75) is 6.42 Å². The zero-order valence-electron chi connectivity index (χ0n) is 6.31. The smallest absolute Gasteiger partial charge is 0.237 e. The fourth-order valence-corrected chi connectivity index (χ4v) is 1.89. The molecule has 1 N–H and O–H groups in total. The average Bonchev–Trinajstić information content (AvgIpc) is 2.00. The van der Waals surface area contributed by atoms with Gasteiger partial charge in [-0.1, -0.05) is 6.58 Å². The Hall–Kier alpha value is -1.12. The van der Waals surface area contributed by atoms with Crippen LogP contribution in [0.1, 0.15) is 6.42 Å². The number of nitrogens with one attached hydrogen (secondary N) is 1. The van der Waals surface area contributed by atoms with Gasteiger partial charge in [-0.3, -0.25) is 9.59 Å². The molecule has 3 fully saturated rings. The van der Waals surface area contributed by atoms with Crippen LogP contribution in [0.2, 0.25) is 0 Å². The van der Waals surface area contributed by atoms with Crippen molar-refractivity contribution in [3.05, 3.63) is 12.2 Å². The molecule has 3 nitrogen and oxygen atoms in total. The maximum Gasteiger partial charge on any atom is 0.237 e. The van der Waals surface area contributed by atoms with Gasteiger partial charge in [-0.25, -0.2) is 0 Å². The minimum Gasteiger partial charge on any atom is -0.358 e. The number of rotatable bonds is 1. The molecule has 0 aromatic carbocycles. The first-order valence-electron chi connectivity index (χ1n) is 3.60. The van der Waals surface area contributed by atoms with Crippen molar-refractivity contribution in [1.82, 2.24) is 5.32 Å². The van der Waals surface area contributed by atoms with Crippen LogP contribution in [0.15, 0.2) is 12.2 Å². The third-order valence-electron chi connectivity index (χ3n) is 2.83. The topological polar surface area (TPSA) is 46.2 Å². The van der Waals surface area contributed by atoms with Gasteiger partial charge < -0.3 is 5.32 Å². The molecule has 0 aromatic heterocycles. The zero-order chi connectivity index (χ0) is 8.22. The predicted molar refractivity (Wildman–Crippen MR) is 38.8 cm³/mol. The van der Waals surface area contributed by atoms with Gasteiger partial charge in [-0.15, -0.1) is 0 Å². The normalized spacial score (nSPS) is 39.2. The van der Waals surface area contributed by atoms with E-state index < -0.39 is 5.41 Å². The number of ketones is 1. The fraction of sp³-hybridized carbons (Fsp3) is 0.500. The maximum atomic E-state index is 11.2. The zero-order valence-corrected chi connectivity index (χ0v) is 6.31. The molecule has 0 aliphatic heterocycles. The van der Waals surface area contributed by atoms with Crippen molar-refractivity contribution in [2.75, 3.05) is 7.05 Å². The third-order valence-corrected chi connectivity index (χ3v) is 2.83. The summed E-state index contributed by atoms with van der Waals surface area (Å²) in [5, 5.41) is 2.49. The first kappa shape index (κ1) is 6.58. The monoisotopic (exact) mass is 151 g/mol. The minimum absolute atomic E-state index is 0.00676. The lowest BCUT2D eigenvalue weighted by Crippen LogP contribution is -2.70. The molecule has 0 heterocycles. The van der Waals surface area contributed by atoms with Gasteiger partial charge >= 0.3 is 0 Å². The van der Waals surface area contributed by atoms with E-state index in [1.807, 2.05) is 0 Å². The molecular formula is C8H9NO2. The molecule has 0 spiro atoms. The molecule has 3 aliphatic carbocycles. The molecule has 3 rings (SSSR count). The Morgan fingerprint density at radius 1 is 1.82 bits per heavy atom. The van der Waals surface area contributed by atoms with Crippen LogP contribution in [0.25, 0.3) is 0 Å². The molecule has 0 radical (unpaired) electrons.